The fraction of sp³-hybridized carbons (Fsp3) is 0.222. The number of amides is 1. The Labute approximate surface area is 111 Å². The molecule has 15 heavy (non-hydrogen) atoms. The van der Waals surface area contributed by atoms with Crippen LogP contribution in [0.15, 0.2) is 24.3 Å². The smallest absolute Gasteiger partial charge is 0.409 e. The van der Waals surface area contributed by atoms with Crippen LogP contribution in [0.5, 0.6) is 5.75 Å². The van der Waals surface area contributed by atoms with Gasteiger partial charge in [-0.15, -0.1) is 0 Å². The van der Waals surface area contributed by atoms with E-state index in [-0.39, 0.29) is 6.09 Å². The van der Waals surface area contributed by atoms with E-state index in [1.165, 1.54) is 27.6 Å². The minimum atomic E-state index is -0.364. The average Bonchev–Trinajstić information content (AvgIpc) is 2.19. The molecule has 0 saturated carbocycles. The lowest BCUT2D eigenvalue weighted by Crippen LogP contribution is -2.20. The maximum absolute atomic E-state index is 11.5. The number of benzene rings is 1. The van der Waals surface area contributed by atoms with Crippen molar-refractivity contribution in [3.05, 3.63) is 27.8 Å². The molecule has 0 bridgehead atoms. The summed E-state index contributed by atoms with van der Waals surface area (Å²) in [6, 6.07) is 7.38. The molecular weight excluding hydrogens is 345 g/mol. The van der Waals surface area contributed by atoms with E-state index in [1.54, 1.807) is 6.07 Å². The third kappa shape index (κ3) is 4.12. The van der Waals surface area contributed by atoms with Crippen molar-refractivity contribution in [2.45, 2.75) is 0 Å². The molecule has 82 valence electrons. The van der Waals surface area contributed by atoms with E-state index in [2.05, 4.69) is 22.6 Å². The summed E-state index contributed by atoms with van der Waals surface area (Å²) in [4.78, 5) is 11.5. The van der Waals surface area contributed by atoms with E-state index in [9.17, 15) is 4.79 Å². The molecule has 0 aromatic heterocycles. The molecule has 1 amide bonds. The van der Waals surface area contributed by atoms with Gasteiger partial charge >= 0.3 is 6.09 Å². The highest BCUT2D eigenvalue weighted by Crippen LogP contribution is 2.21. The zero-order valence-electron chi connectivity index (χ0n) is 8.27. The summed E-state index contributed by atoms with van der Waals surface area (Å²) < 4.78 is 7.69. The highest BCUT2D eigenvalue weighted by atomic mass is 127. The Morgan fingerprint density at radius 2 is 2.07 bits per heavy atom. The zero-order chi connectivity index (χ0) is 11.3. The predicted molar refractivity (Wildman–Crippen MR) is 74.1 cm³/mol. The molecule has 1 aromatic carbocycles. The first kappa shape index (κ1) is 13.0. The van der Waals surface area contributed by atoms with Crippen molar-refractivity contribution in [3.63, 3.8) is 0 Å². The minimum absolute atomic E-state index is 0.364. The van der Waals surface area contributed by atoms with Gasteiger partial charge in [-0.2, -0.15) is 3.71 Å². The molecule has 0 saturated heterocycles. The van der Waals surface area contributed by atoms with Gasteiger partial charge in [0.05, 0.1) is 0 Å². The fourth-order valence-corrected chi connectivity index (χ4v) is 2.38. The second-order valence-corrected chi connectivity index (χ2v) is 5.38. The van der Waals surface area contributed by atoms with Gasteiger partial charge in [-0.05, 0) is 64.7 Å². The molecule has 1 aromatic rings. The normalized spacial score (nSPS) is 9.80. The van der Waals surface area contributed by atoms with Crippen LogP contribution in [-0.2, 0) is 0 Å². The summed E-state index contributed by atoms with van der Waals surface area (Å²) >= 11 is 4.82. The van der Waals surface area contributed by atoms with Gasteiger partial charge in [0.1, 0.15) is 5.75 Å². The van der Waals surface area contributed by atoms with Crippen molar-refractivity contribution in [1.82, 2.24) is 3.71 Å². The second-order valence-electron chi connectivity index (χ2n) is 2.45. The molecule has 3 nitrogen and oxygen atoms in total. The van der Waals surface area contributed by atoms with Crippen molar-refractivity contribution >= 4 is 52.6 Å². The van der Waals surface area contributed by atoms with Crippen LogP contribution < -0.4 is 4.74 Å². The number of halogens is 1. The number of hydrogen-bond acceptors (Lipinski definition) is 4. The third-order valence-electron chi connectivity index (χ3n) is 1.48. The van der Waals surface area contributed by atoms with E-state index in [0.717, 1.165) is 3.57 Å². The molecule has 0 atom stereocenters. The molecule has 0 radical (unpaired) electrons. The lowest BCUT2D eigenvalue weighted by molar-refractivity contribution is 0.197. The van der Waals surface area contributed by atoms with Gasteiger partial charge in [0.15, 0.2) is 0 Å². The first-order chi connectivity index (χ1) is 7.17. The highest BCUT2D eigenvalue weighted by molar-refractivity contribution is 14.1. The van der Waals surface area contributed by atoms with Crippen LogP contribution in [0.1, 0.15) is 0 Å². The quantitative estimate of drug-likeness (QED) is 0.612. The van der Waals surface area contributed by atoms with Crippen LogP contribution in [0.2, 0.25) is 0 Å². The van der Waals surface area contributed by atoms with Crippen LogP contribution >= 0.6 is 46.5 Å². The summed E-state index contributed by atoms with van der Waals surface area (Å²) in [5, 5.41) is 0. The van der Waals surface area contributed by atoms with Crippen molar-refractivity contribution in [3.8, 4) is 5.75 Å². The van der Waals surface area contributed by atoms with Gasteiger partial charge in [0.2, 0.25) is 0 Å². The summed E-state index contributed by atoms with van der Waals surface area (Å²) in [5.41, 5.74) is 0. The lowest BCUT2D eigenvalue weighted by Gasteiger charge is -2.14. The van der Waals surface area contributed by atoms with E-state index in [4.69, 9.17) is 4.74 Å². The van der Waals surface area contributed by atoms with Gasteiger partial charge in [0, 0.05) is 16.1 Å². The van der Waals surface area contributed by atoms with Crippen LogP contribution in [0.4, 0.5) is 4.79 Å². The molecule has 0 spiro atoms. The van der Waals surface area contributed by atoms with Crippen molar-refractivity contribution in [1.29, 1.82) is 0 Å². The fourth-order valence-electron chi connectivity index (χ4n) is 0.892. The van der Waals surface area contributed by atoms with Crippen molar-refractivity contribution in [2.75, 3.05) is 12.5 Å². The number of hydrogen-bond donors (Lipinski definition) is 0. The Hall–Kier alpha value is -0.0800. The number of nitrogens with zero attached hydrogens (tertiary/aromatic N) is 1. The van der Waals surface area contributed by atoms with E-state index < -0.39 is 0 Å². The second kappa shape index (κ2) is 6.49. The Morgan fingerprint density at radius 1 is 1.40 bits per heavy atom. The first-order valence-corrected chi connectivity index (χ1v) is 7.47. The molecule has 0 fully saturated rings. The maximum atomic E-state index is 11.5. The van der Waals surface area contributed by atoms with Gasteiger partial charge in [-0.3, -0.25) is 0 Å². The van der Waals surface area contributed by atoms with Crippen molar-refractivity contribution in [2.24, 2.45) is 0 Å². The summed E-state index contributed by atoms with van der Waals surface area (Å²) in [6.45, 7) is 0. The van der Waals surface area contributed by atoms with Crippen LogP contribution in [0, 0.1) is 3.57 Å². The monoisotopic (exact) mass is 355 g/mol. The predicted octanol–water partition coefficient (Wildman–Crippen LogP) is 3.65. The number of rotatable bonds is 3. The standard InChI is InChI=1S/C9H10INO2S2/c1-14-11(15-2)9(12)13-8-5-3-4-7(10)6-8/h3-6H,1-2H3. The Morgan fingerprint density at radius 3 is 2.60 bits per heavy atom. The number of ether oxygens (including phenoxy) is 1. The minimum Gasteiger partial charge on any atom is -0.409 e. The first-order valence-electron chi connectivity index (χ1n) is 4.03. The maximum Gasteiger partial charge on any atom is 0.435 e. The topological polar surface area (TPSA) is 29.5 Å². The molecule has 0 aliphatic rings. The molecule has 0 heterocycles. The van der Waals surface area contributed by atoms with E-state index in [0.29, 0.717) is 5.75 Å². The SMILES string of the molecule is CSN(SC)C(=O)Oc1cccc(I)c1. The van der Waals surface area contributed by atoms with Crippen LogP contribution in [0.3, 0.4) is 0 Å². The molecule has 1 rings (SSSR count). The van der Waals surface area contributed by atoms with Crippen LogP contribution in [0.25, 0.3) is 0 Å². The van der Waals surface area contributed by atoms with E-state index in [1.807, 2.05) is 30.7 Å². The molecule has 0 aliphatic carbocycles. The molecular formula is C9H10INO2S2. The van der Waals surface area contributed by atoms with Gasteiger partial charge < -0.3 is 4.74 Å². The Kier molecular flexibility index (Phi) is 5.62. The number of carbonyl (C=O) groups excluding carboxylic acids is 1. The lowest BCUT2D eigenvalue weighted by atomic mass is 10.3. The molecule has 0 N–H and O–H groups in total. The average molecular weight is 355 g/mol. The van der Waals surface area contributed by atoms with Gasteiger partial charge in [-0.1, -0.05) is 6.07 Å². The molecule has 6 heteroatoms. The van der Waals surface area contributed by atoms with E-state index >= 15 is 0 Å². The summed E-state index contributed by atoms with van der Waals surface area (Å²) in [5.74, 6) is 0.569. The summed E-state index contributed by atoms with van der Waals surface area (Å²) in [6.07, 6.45) is 3.29. The highest BCUT2D eigenvalue weighted by Gasteiger charge is 2.13. The van der Waals surface area contributed by atoms with Gasteiger partial charge in [0.25, 0.3) is 0 Å². The number of carbonyl (C=O) groups is 1. The largest absolute Gasteiger partial charge is 0.435 e. The van der Waals surface area contributed by atoms with Crippen LogP contribution in [-0.4, -0.2) is 22.3 Å². The van der Waals surface area contributed by atoms with Gasteiger partial charge in [-0.25, -0.2) is 4.79 Å². The third-order valence-corrected chi connectivity index (χ3v) is 4.01. The Bertz CT molecular complexity index is 345. The van der Waals surface area contributed by atoms with Crippen molar-refractivity contribution < 1.29 is 9.53 Å². The Balaban J connectivity index is 2.65. The molecule has 0 aliphatic heterocycles. The molecule has 0 unspecified atom stereocenters. The zero-order valence-corrected chi connectivity index (χ0v) is 12.1. The summed E-state index contributed by atoms with van der Waals surface area (Å²) in [7, 11) is 0.